The van der Waals surface area contributed by atoms with Gasteiger partial charge in [-0.25, -0.2) is 4.79 Å². The van der Waals surface area contributed by atoms with Crippen LogP contribution in [0.5, 0.6) is 0 Å². The first-order valence-corrected chi connectivity index (χ1v) is 10.1. The van der Waals surface area contributed by atoms with Crippen molar-refractivity contribution in [3.8, 4) is 0 Å². The lowest BCUT2D eigenvalue weighted by Gasteiger charge is -2.40. The summed E-state index contributed by atoms with van der Waals surface area (Å²) >= 11 is 2.02. The molecule has 2 saturated heterocycles. The maximum absolute atomic E-state index is 12.6. The number of urea groups is 1. The summed E-state index contributed by atoms with van der Waals surface area (Å²) < 4.78 is 11.6. The van der Waals surface area contributed by atoms with Crippen molar-refractivity contribution in [1.29, 1.82) is 0 Å². The monoisotopic (exact) mass is 342 g/mol. The fraction of sp³-hybridized carbons (Fsp3) is 0.941. The van der Waals surface area contributed by atoms with E-state index in [2.05, 4.69) is 12.2 Å². The Morgan fingerprint density at radius 3 is 2.83 bits per heavy atom. The highest BCUT2D eigenvalue weighted by molar-refractivity contribution is 7.99. The van der Waals surface area contributed by atoms with Gasteiger partial charge in [0.2, 0.25) is 0 Å². The molecule has 132 valence electrons. The first-order valence-electron chi connectivity index (χ1n) is 9.05. The van der Waals surface area contributed by atoms with Gasteiger partial charge in [-0.05, 0) is 44.8 Å². The molecule has 23 heavy (non-hydrogen) atoms. The van der Waals surface area contributed by atoms with Gasteiger partial charge in [-0.2, -0.15) is 11.8 Å². The highest BCUT2D eigenvalue weighted by Crippen LogP contribution is 2.34. The van der Waals surface area contributed by atoms with Gasteiger partial charge in [0.25, 0.3) is 0 Å². The van der Waals surface area contributed by atoms with Gasteiger partial charge in [0, 0.05) is 30.3 Å². The molecule has 0 aromatic rings. The van der Waals surface area contributed by atoms with E-state index in [1.807, 2.05) is 23.6 Å². The Morgan fingerprint density at radius 2 is 2.09 bits per heavy atom. The molecule has 0 bridgehead atoms. The van der Waals surface area contributed by atoms with E-state index in [1.54, 1.807) is 0 Å². The van der Waals surface area contributed by atoms with Gasteiger partial charge in [-0.3, -0.25) is 0 Å². The van der Waals surface area contributed by atoms with Crippen LogP contribution in [0.2, 0.25) is 0 Å². The molecule has 0 aromatic carbocycles. The van der Waals surface area contributed by atoms with E-state index in [4.69, 9.17) is 9.47 Å². The van der Waals surface area contributed by atoms with E-state index in [9.17, 15) is 4.79 Å². The topological polar surface area (TPSA) is 50.8 Å². The second-order valence-corrected chi connectivity index (χ2v) is 8.61. The number of likely N-dealkylation sites (tertiary alicyclic amines) is 1. The molecule has 0 unspecified atom stereocenters. The number of thioether (sulfide) groups is 1. The molecule has 1 saturated carbocycles. The number of hydrogen-bond donors (Lipinski definition) is 1. The molecule has 3 rings (SSSR count). The third-order valence-corrected chi connectivity index (χ3v) is 6.66. The van der Waals surface area contributed by atoms with E-state index in [0.717, 1.165) is 49.8 Å². The molecule has 2 amide bonds. The molecule has 0 spiro atoms. The molecular weight excluding hydrogens is 312 g/mol. The molecule has 3 aliphatic rings. The summed E-state index contributed by atoms with van der Waals surface area (Å²) in [4.78, 5) is 14.6. The van der Waals surface area contributed by atoms with Crippen molar-refractivity contribution in [2.45, 2.75) is 63.0 Å². The quantitative estimate of drug-likeness (QED) is 0.853. The number of carbonyl (C=O) groups excluding carboxylic acids is 1. The summed E-state index contributed by atoms with van der Waals surface area (Å²) in [5.41, 5.74) is 0. The number of nitrogens with one attached hydrogen (secondary N) is 1. The van der Waals surface area contributed by atoms with Crippen LogP contribution in [-0.2, 0) is 9.47 Å². The van der Waals surface area contributed by atoms with Crippen LogP contribution < -0.4 is 5.32 Å². The minimum Gasteiger partial charge on any atom is -0.347 e. The molecule has 2 aliphatic heterocycles. The zero-order chi connectivity index (χ0) is 16.3. The first-order chi connectivity index (χ1) is 11.1. The fourth-order valence-electron chi connectivity index (χ4n) is 4.08. The Bertz CT molecular complexity index is 415. The normalized spacial score (nSPS) is 33.8. The summed E-state index contributed by atoms with van der Waals surface area (Å²) in [6, 6.07) is 0.449. The molecular formula is C17H30N2O3S. The first kappa shape index (κ1) is 17.4. The van der Waals surface area contributed by atoms with Gasteiger partial charge in [0.15, 0.2) is 5.79 Å². The third kappa shape index (κ3) is 4.15. The van der Waals surface area contributed by atoms with E-state index in [1.165, 1.54) is 6.42 Å². The van der Waals surface area contributed by atoms with Crippen LogP contribution in [0.3, 0.4) is 0 Å². The van der Waals surface area contributed by atoms with Crippen LogP contribution in [0, 0.1) is 5.92 Å². The summed E-state index contributed by atoms with van der Waals surface area (Å²) in [6.07, 6.45) is 5.56. The molecule has 0 radical (unpaired) electrons. The standard InChI is InChI=1S/C17H30N2O3S/c1-3-23-15-7-6-14(11-15)18-16(20)19-8-4-5-13(12-19)17(2)21-9-10-22-17/h13-15H,3-12H2,1-2H3,(H,18,20)/t13-,14+,15+/m0/s1. The number of amides is 2. The number of carbonyl (C=O) groups is 1. The molecule has 2 heterocycles. The van der Waals surface area contributed by atoms with Crippen molar-refractivity contribution >= 4 is 17.8 Å². The van der Waals surface area contributed by atoms with Crippen LogP contribution in [0.15, 0.2) is 0 Å². The SMILES string of the molecule is CCS[C@@H]1CC[C@@H](NC(=O)N2CCC[C@H](C3(C)OCCO3)C2)C1. The van der Waals surface area contributed by atoms with E-state index in [-0.39, 0.29) is 11.9 Å². The van der Waals surface area contributed by atoms with Crippen molar-refractivity contribution in [2.75, 3.05) is 32.1 Å². The lowest BCUT2D eigenvalue weighted by molar-refractivity contribution is -0.189. The van der Waals surface area contributed by atoms with E-state index < -0.39 is 5.79 Å². The molecule has 0 aromatic heterocycles. The lowest BCUT2D eigenvalue weighted by Crippen LogP contribution is -2.52. The van der Waals surface area contributed by atoms with Crippen molar-refractivity contribution in [1.82, 2.24) is 10.2 Å². The number of ether oxygens (including phenoxy) is 2. The number of rotatable bonds is 4. The van der Waals surface area contributed by atoms with E-state index in [0.29, 0.717) is 19.3 Å². The number of hydrogen-bond acceptors (Lipinski definition) is 4. The minimum atomic E-state index is -0.505. The second kappa shape index (κ2) is 7.62. The van der Waals surface area contributed by atoms with Gasteiger partial charge >= 0.3 is 6.03 Å². The maximum Gasteiger partial charge on any atom is 0.317 e. The van der Waals surface area contributed by atoms with Gasteiger partial charge in [-0.1, -0.05) is 6.92 Å². The minimum absolute atomic E-state index is 0.100. The van der Waals surface area contributed by atoms with Gasteiger partial charge in [0.05, 0.1) is 13.2 Å². The molecule has 1 N–H and O–H groups in total. The Hall–Kier alpha value is -0.460. The molecule has 3 fully saturated rings. The van der Waals surface area contributed by atoms with Gasteiger partial charge in [-0.15, -0.1) is 0 Å². The van der Waals surface area contributed by atoms with Crippen LogP contribution in [0.4, 0.5) is 4.79 Å². The Kier molecular flexibility index (Phi) is 5.75. The van der Waals surface area contributed by atoms with Gasteiger partial charge < -0.3 is 19.7 Å². The van der Waals surface area contributed by atoms with Crippen molar-refractivity contribution in [3.05, 3.63) is 0 Å². The average molecular weight is 343 g/mol. The predicted octanol–water partition coefficient (Wildman–Crippen LogP) is 2.85. The summed E-state index contributed by atoms with van der Waals surface area (Å²) in [6.45, 7) is 7.14. The Morgan fingerprint density at radius 1 is 1.30 bits per heavy atom. The van der Waals surface area contributed by atoms with E-state index >= 15 is 0 Å². The molecule has 1 aliphatic carbocycles. The zero-order valence-corrected chi connectivity index (χ0v) is 15.2. The maximum atomic E-state index is 12.6. The van der Waals surface area contributed by atoms with Crippen LogP contribution in [0.25, 0.3) is 0 Å². The van der Waals surface area contributed by atoms with Crippen molar-refractivity contribution in [2.24, 2.45) is 5.92 Å². The molecule has 5 nitrogen and oxygen atoms in total. The van der Waals surface area contributed by atoms with Crippen LogP contribution in [-0.4, -0.2) is 60.1 Å². The summed E-state index contributed by atoms with van der Waals surface area (Å²) in [5.74, 6) is 0.934. The smallest absolute Gasteiger partial charge is 0.317 e. The highest BCUT2D eigenvalue weighted by atomic mass is 32.2. The third-order valence-electron chi connectivity index (χ3n) is 5.43. The summed E-state index contributed by atoms with van der Waals surface area (Å²) in [5, 5.41) is 3.97. The summed E-state index contributed by atoms with van der Waals surface area (Å²) in [7, 11) is 0. The Balaban J connectivity index is 1.49. The fourth-order valence-corrected chi connectivity index (χ4v) is 5.22. The Labute approximate surface area is 143 Å². The zero-order valence-electron chi connectivity index (χ0n) is 14.4. The van der Waals surface area contributed by atoms with Crippen LogP contribution >= 0.6 is 11.8 Å². The van der Waals surface area contributed by atoms with Gasteiger partial charge in [0.1, 0.15) is 0 Å². The number of nitrogens with zero attached hydrogens (tertiary/aromatic N) is 1. The second-order valence-electron chi connectivity index (χ2n) is 7.03. The predicted molar refractivity (Wildman–Crippen MR) is 92.7 cm³/mol. The van der Waals surface area contributed by atoms with Crippen LogP contribution in [0.1, 0.15) is 46.0 Å². The van der Waals surface area contributed by atoms with Crippen molar-refractivity contribution < 1.29 is 14.3 Å². The molecule has 6 heteroatoms. The largest absolute Gasteiger partial charge is 0.347 e. The van der Waals surface area contributed by atoms with Crippen molar-refractivity contribution in [3.63, 3.8) is 0 Å². The molecule has 3 atom stereocenters. The highest BCUT2D eigenvalue weighted by Gasteiger charge is 2.42. The average Bonchev–Trinajstić information content (AvgIpc) is 3.18. The number of piperidine rings is 1. The lowest BCUT2D eigenvalue weighted by atomic mass is 9.90.